The van der Waals surface area contributed by atoms with E-state index in [4.69, 9.17) is 4.74 Å². The minimum absolute atomic E-state index is 0.0917. The molecule has 2 aromatic carbocycles. The number of hydrogen-bond acceptors (Lipinski definition) is 4. The van der Waals surface area contributed by atoms with Crippen LogP contribution in [0.4, 0.5) is 5.69 Å². The standard InChI is InChI=1S/C22H26N2O4/c1-12(2)17-11-16(5-7-19(17)25)28-21-13(3)9-15(10-14(21)4)23-22(27)18-6-8-20(26)24-18/h5,7,9-12,18,25H,6,8H2,1-4H3,(H,23,27)(H,24,26). The molecule has 1 fully saturated rings. The molecule has 28 heavy (non-hydrogen) atoms. The molecule has 2 aromatic rings. The summed E-state index contributed by atoms with van der Waals surface area (Å²) in [6.45, 7) is 7.86. The van der Waals surface area contributed by atoms with E-state index in [1.807, 2.05) is 45.9 Å². The van der Waals surface area contributed by atoms with E-state index in [2.05, 4.69) is 10.6 Å². The summed E-state index contributed by atoms with van der Waals surface area (Å²) < 4.78 is 6.08. The van der Waals surface area contributed by atoms with Gasteiger partial charge >= 0.3 is 0 Å². The van der Waals surface area contributed by atoms with Crippen LogP contribution in [0.5, 0.6) is 17.2 Å². The van der Waals surface area contributed by atoms with Gasteiger partial charge in [0.2, 0.25) is 11.8 Å². The van der Waals surface area contributed by atoms with E-state index >= 15 is 0 Å². The molecule has 0 saturated carbocycles. The zero-order chi connectivity index (χ0) is 20.4. The molecule has 0 spiro atoms. The predicted octanol–water partition coefficient (Wildman–Crippen LogP) is 4.14. The molecule has 1 aliphatic rings. The Morgan fingerprint density at radius 1 is 1.21 bits per heavy atom. The average molecular weight is 382 g/mol. The van der Waals surface area contributed by atoms with Gasteiger partial charge in [0.15, 0.2) is 0 Å². The summed E-state index contributed by atoms with van der Waals surface area (Å²) in [7, 11) is 0. The van der Waals surface area contributed by atoms with Crippen molar-refractivity contribution in [1.29, 1.82) is 0 Å². The molecule has 0 aromatic heterocycles. The first kappa shape index (κ1) is 19.7. The number of phenols is 1. The second kappa shape index (κ2) is 7.92. The average Bonchev–Trinajstić information content (AvgIpc) is 3.06. The largest absolute Gasteiger partial charge is 0.508 e. The number of aromatic hydroxyl groups is 1. The molecule has 2 amide bonds. The summed E-state index contributed by atoms with van der Waals surface area (Å²) in [6, 6.07) is 8.44. The van der Waals surface area contributed by atoms with Crippen LogP contribution in [-0.4, -0.2) is 23.0 Å². The van der Waals surface area contributed by atoms with Gasteiger partial charge in [0.25, 0.3) is 0 Å². The number of hydrogen-bond donors (Lipinski definition) is 3. The Morgan fingerprint density at radius 2 is 1.89 bits per heavy atom. The van der Waals surface area contributed by atoms with Crippen molar-refractivity contribution in [3.05, 3.63) is 47.0 Å². The number of phenolic OH excluding ortho intramolecular Hbond substituents is 1. The first-order chi connectivity index (χ1) is 13.2. The number of carbonyl (C=O) groups excluding carboxylic acids is 2. The van der Waals surface area contributed by atoms with Gasteiger partial charge in [-0.3, -0.25) is 9.59 Å². The smallest absolute Gasteiger partial charge is 0.246 e. The molecule has 148 valence electrons. The van der Waals surface area contributed by atoms with E-state index in [0.717, 1.165) is 16.7 Å². The lowest BCUT2D eigenvalue weighted by atomic mass is 10.0. The second-order valence-corrected chi connectivity index (χ2v) is 7.56. The highest BCUT2D eigenvalue weighted by atomic mass is 16.5. The molecule has 0 aliphatic carbocycles. The van der Waals surface area contributed by atoms with E-state index in [0.29, 0.717) is 30.0 Å². The fourth-order valence-corrected chi connectivity index (χ4v) is 3.40. The monoisotopic (exact) mass is 382 g/mol. The fourth-order valence-electron chi connectivity index (χ4n) is 3.40. The molecule has 3 N–H and O–H groups in total. The molecule has 3 rings (SSSR count). The van der Waals surface area contributed by atoms with Gasteiger partial charge in [0.05, 0.1) is 0 Å². The number of aryl methyl sites for hydroxylation is 2. The van der Waals surface area contributed by atoms with E-state index in [1.54, 1.807) is 12.1 Å². The molecule has 1 heterocycles. The van der Waals surface area contributed by atoms with Crippen LogP contribution in [0.15, 0.2) is 30.3 Å². The Hall–Kier alpha value is -3.02. The quantitative estimate of drug-likeness (QED) is 0.725. The number of ether oxygens (including phenoxy) is 1. The van der Waals surface area contributed by atoms with Gasteiger partial charge in [0.1, 0.15) is 23.3 Å². The van der Waals surface area contributed by atoms with Crippen LogP contribution in [0, 0.1) is 13.8 Å². The third kappa shape index (κ3) is 4.27. The molecule has 1 saturated heterocycles. The van der Waals surface area contributed by atoms with Crippen molar-refractivity contribution in [2.24, 2.45) is 0 Å². The molecular formula is C22H26N2O4. The Kier molecular flexibility index (Phi) is 5.58. The third-order valence-electron chi connectivity index (χ3n) is 4.88. The van der Waals surface area contributed by atoms with Gasteiger partial charge in [-0.25, -0.2) is 0 Å². The van der Waals surface area contributed by atoms with Gasteiger partial charge in [-0.1, -0.05) is 13.8 Å². The van der Waals surface area contributed by atoms with Crippen LogP contribution < -0.4 is 15.4 Å². The highest BCUT2D eigenvalue weighted by molar-refractivity contribution is 5.99. The SMILES string of the molecule is Cc1cc(NC(=O)C2CCC(=O)N2)cc(C)c1Oc1ccc(O)c(C(C)C)c1. The molecule has 6 heteroatoms. The highest BCUT2D eigenvalue weighted by Gasteiger charge is 2.27. The summed E-state index contributed by atoms with van der Waals surface area (Å²) in [5.41, 5.74) is 3.26. The summed E-state index contributed by atoms with van der Waals surface area (Å²) >= 11 is 0. The Labute approximate surface area is 164 Å². The van der Waals surface area contributed by atoms with E-state index in [1.165, 1.54) is 0 Å². The van der Waals surface area contributed by atoms with Gasteiger partial charge in [-0.2, -0.15) is 0 Å². The normalized spacial score (nSPS) is 16.2. The first-order valence-electron chi connectivity index (χ1n) is 9.47. The van der Waals surface area contributed by atoms with Gasteiger partial charge in [-0.05, 0) is 67.6 Å². The number of anilines is 1. The topological polar surface area (TPSA) is 87.7 Å². The lowest BCUT2D eigenvalue weighted by molar-refractivity contribution is -0.122. The number of amides is 2. The van der Waals surface area contributed by atoms with Crippen LogP contribution in [0.1, 0.15) is 49.3 Å². The van der Waals surface area contributed by atoms with Gasteiger partial charge in [0, 0.05) is 17.7 Å². The third-order valence-corrected chi connectivity index (χ3v) is 4.88. The number of benzene rings is 2. The van der Waals surface area contributed by atoms with Crippen molar-refractivity contribution in [3.8, 4) is 17.2 Å². The van der Waals surface area contributed by atoms with Crippen LogP contribution in [0.25, 0.3) is 0 Å². The maximum atomic E-state index is 12.3. The van der Waals surface area contributed by atoms with Gasteiger partial charge < -0.3 is 20.5 Å². The maximum Gasteiger partial charge on any atom is 0.246 e. The Bertz CT molecular complexity index is 898. The molecule has 0 bridgehead atoms. The van der Waals surface area contributed by atoms with Gasteiger partial charge in [-0.15, -0.1) is 0 Å². The van der Waals surface area contributed by atoms with E-state index < -0.39 is 6.04 Å². The van der Waals surface area contributed by atoms with Crippen LogP contribution >= 0.6 is 0 Å². The Morgan fingerprint density at radius 3 is 2.46 bits per heavy atom. The second-order valence-electron chi connectivity index (χ2n) is 7.56. The van der Waals surface area contributed by atoms with Crippen molar-refractivity contribution in [2.75, 3.05) is 5.32 Å². The number of carbonyl (C=O) groups is 2. The minimum atomic E-state index is -0.476. The Balaban J connectivity index is 1.78. The lowest BCUT2D eigenvalue weighted by Gasteiger charge is -2.17. The zero-order valence-electron chi connectivity index (χ0n) is 16.6. The van der Waals surface area contributed by atoms with Crippen LogP contribution in [0.3, 0.4) is 0 Å². The molecule has 1 aliphatic heterocycles. The summed E-state index contributed by atoms with van der Waals surface area (Å²) in [6.07, 6.45) is 0.900. The van der Waals surface area contributed by atoms with Crippen molar-refractivity contribution in [1.82, 2.24) is 5.32 Å². The molecule has 1 unspecified atom stereocenters. The van der Waals surface area contributed by atoms with Crippen molar-refractivity contribution < 1.29 is 19.4 Å². The van der Waals surface area contributed by atoms with Crippen molar-refractivity contribution in [2.45, 2.75) is 52.5 Å². The zero-order valence-corrected chi connectivity index (χ0v) is 16.6. The van der Waals surface area contributed by atoms with E-state index in [9.17, 15) is 14.7 Å². The maximum absolute atomic E-state index is 12.3. The molecule has 0 radical (unpaired) electrons. The first-order valence-corrected chi connectivity index (χ1v) is 9.47. The fraction of sp³-hybridized carbons (Fsp3) is 0.364. The number of rotatable bonds is 5. The molecular weight excluding hydrogens is 356 g/mol. The summed E-state index contributed by atoms with van der Waals surface area (Å²) in [5.74, 6) is 1.50. The lowest BCUT2D eigenvalue weighted by Crippen LogP contribution is -2.37. The molecule has 1 atom stereocenters. The minimum Gasteiger partial charge on any atom is -0.508 e. The van der Waals surface area contributed by atoms with Crippen LogP contribution in [0.2, 0.25) is 0 Å². The van der Waals surface area contributed by atoms with E-state index in [-0.39, 0.29) is 23.5 Å². The highest BCUT2D eigenvalue weighted by Crippen LogP contribution is 2.35. The summed E-state index contributed by atoms with van der Waals surface area (Å²) in [4.78, 5) is 23.6. The van der Waals surface area contributed by atoms with Crippen LogP contribution in [-0.2, 0) is 9.59 Å². The molecule has 6 nitrogen and oxygen atoms in total. The van der Waals surface area contributed by atoms with Crippen molar-refractivity contribution >= 4 is 17.5 Å². The van der Waals surface area contributed by atoms with Crippen molar-refractivity contribution in [3.63, 3.8) is 0 Å². The predicted molar refractivity (Wildman–Crippen MR) is 108 cm³/mol. The number of nitrogens with one attached hydrogen (secondary N) is 2. The summed E-state index contributed by atoms with van der Waals surface area (Å²) in [5, 5.41) is 15.5.